The van der Waals surface area contributed by atoms with E-state index in [1.807, 2.05) is 0 Å². The largest absolute Gasteiger partial charge is 0.488 e. The lowest BCUT2D eigenvalue weighted by molar-refractivity contribution is -0.157. The van der Waals surface area contributed by atoms with E-state index in [4.69, 9.17) is 10.6 Å². The number of nitrogens with one attached hydrogen (secondary N) is 1. The molecule has 5 N–H and O–H groups in total. The Morgan fingerprint density at radius 1 is 1.39 bits per heavy atom. The summed E-state index contributed by atoms with van der Waals surface area (Å²) in [5.74, 6) is -3.04. The van der Waals surface area contributed by atoms with Crippen LogP contribution in [0.2, 0.25) is 0 Å². The van der Waals surface area contributed by atoms with Gasteiger partial charge in [-0.25, -0.2) is 4.68 Å². The Bertz CT molecular complexity index is 1310. The molecule has 2 saturated heterocycles. The predicted octanol–water partition coefficient (Wildman–Crippen LogP) is -2.07. The van der Waals surface area contributed by atoms with Gasteiger partial charge < -0.3 is 31.0 Å². The number of amides is 2. The number of β-lactam (4-membered cyclic amide) rings is 1. The number of thioether (sulfide) groups is 2. The van der Waals surface area contributed by atoms with Gasteiger partial charge in [0.05, 0.1) is 0 Å². The first-order valence-electron chi connectivity index (χ1n) is 10.0. The number of hydrogen-bond acceptors (Lipinski definition) is 15. The number of oxime groups is 1. The van der Waals surface area contributed by atoms with Crippen LogP contribution in [0.25, 0.3) is 0 Å². The lowest BCUT2D eigenvalue weighted by Crippen LogP contribution is -2.74. The fourth-order valence-electron chi connectivity index (χ4n) is 3.49. The molecule has 0 radical (unpaired) electrons. The topological polar surface area (TPSA) is 228 Å². The molecule has 0 spiro atoms. The van der Waals surface area contributed by atoms with E-state index in [0.717, 1.165) is 23.3 Å². The van der Waals surface area contributed by atoms with Crippen LogP contribution in [0.4, 0.5) is 5.13 Å². The quantitative estimate of drug-likeness (QED) is 0.118. The van der Waals surface area contributed by atoms with Crippen LogP contribution in [-0.2, 0) is 26.3 Å². The lowest BCUT2D eigenvalue weighted by atomic mass is 9.89. The maximum atomic E-state index is 12.9. The van der Waals surface area contributed by atoms with Crippen LogP contribution >= 0.6 is 35.1 Å². The summed E-state index contributed by atoms with van der Waals surface area (Å²) < 4.78 is 5.10. The number of aromatic nitrogens is 5. The van der Waals surface area contributed by atoms with Gasteiger partial charge in [-0.2, -0.15) is 14.3 Å². The van der Waals surface area contributed by atoms with Gasteiger partial charge >= 0.3 is 11.5 Å². The van der Waals surface area contributed by atoms with E-state index in [9.17, 15) is 29.4 Å². The van der Waals surface area contributed by atoms with E-state index in [0.29, 0.717) is 0 Å². The third kappa shape index (κ3) is 4.67. The number of hydrogen-bond donors (Lipinski definition) is 4. The molecule has 0 saturated carbocycles. The van der Waals surface area contributed by atoms with Crippen LogP contribution in [0.3, 0.4) is 0 Å². The smallest absolute Gasteiger partial charge is 0.336 e. The number of anilines is 1. The number of nitrogens with zero attached hydrogens (tertiary/aromatic N) is 7. The molecule has 2 aromatic rings. The van der Waals surface area contributed by atoms with Crippen molar-refractivity contribution in [2.45, 2.75) is 16.6 Å². The van der Waals surface area contributed by atoms with Crippen LogP contribution in [0.1, 0.15) is 5.82 Å². The van der Waals surface area contributed by atoms with Gasteiger partial charge in [-0.05, 0) is 0 Å². The predicted molar refractivity (Wildman–Crippen MR) is 127 cm³/mol. The van der Waals surface area contributed by atoms with E-state index in [1.54, 1.807) is 0 Å². The monoisotopic (exact) mass is 557 g/mol. The summed E-state index contributed by atoms with van der Waals surface area (Å²) in [6, 6.07) is -0.913. The van der Waals surface area contributed by atoms with Crippen molar-refractivity contribution in [1.29, 1.82) is 0 Å². The molecule has 36 heavy (non-hydrogen) atoms. The number of carbonyl (C=O) groups excluding carboxylic acids is 2. The number of nitrogen functional groups attached to an aromatic ring is 1. The molecule has 16 nitrogen and oxygen atoms in total. The van der Waals surface area contributed by atoms with Crippen molar-refractivity contribution in [1.82, 2.24) is 34.3 Å². The molecule has 0 aliphatic carbocycles. The molecule has 2 fully saturated rings. The van der Waals surface area contributed by atoms with E-state index < -0.39 is 46.1 Å². The molecule has 2 amide bonds. The maximum Gasteiger partial charge on any atom is 0.336 e. The Balaban J connectivity index is 1.44. The van der Waals surface area contributed by atoms with Crippen molar-refractivity contribution in [3.63, 3.8) is 0 Å². The van der Waals surface area contributed by atoms with Crippen molar-refractivity contribution in [3.8, 4) is 5.88 Å². The first kappa shape index (κ1) is 25.6. The maximum absolute atomic E-state index is 12.9. The number of nitrogens with two attached hydrogens (primary N) is 1. The Kier molecular flexibility index (Phi) is 7.05. The zero-order valence-electron chi connectivity index (χ0n) is 18.6. The molecule has 2 aliphatic rings. The summed E-state index contributed by atoms with van der Waals surface area (Å²) in [5, 5.41) is 29.0. The van der Waals surface area contributed by atoms with Gasteiger partial charge in [-0.1, -0.05) is 16.9 Å². The van der Waals surface area contributed by atoms with Gasteiger partial charge in [0.1, 0.15) is 23.9 Å². The Morgan fingerprint density at radius 2 is 2.14 bits per heavy atom. The van der Waals surface area contributed by atoms with Crippen LogP contribution in [-0.4, -0.2) is 99.3 Å². The van der Waals surface area contributed by atoms with E-state index in [-0.39, 0.29) is 39.9 Å². The molecule has 2 unspecified atom stereocenters. The number of carbonyl (C=O) groups is 3. The molecule has 0 bridgehead atoms. The molecule has 2 aromatic heterocycles. The SMILES string of the molecule is CON=C(C(=O)NC1C(=O)N2CC(CSc3nc(=O)c(O)nn3C)(C(=O)O)CS[C@H]12)c1nsc(N)n1. The van der Waals surface area contributed by atoms with Gasteiger partial charge in [-0.3, -0.25) is 19.2 Å². The molecular formula is C17H19N9O7S3. The molecule has 0 aromatic carbocycles. The second-order valence-corrected chi connectivity index (χ2v) is 10.5. The summed E-state index contributed by atoms with van der Waals surface area (Å²) in [7, 11) is 2.69. The van der Waals surface area contributed by atoms with Gasteiger partial charge in [0.15, 0.2) is 10.3 Å². The highest BCUT2D eigenvalue weighted by Gasteiger charge is 2.57. The molecule has 19 heteroatoms. The van der Waals surface area contributed by atoms with Gasteiger partial charge in [-0.15, -0.1) is 16.9 Å². The molecule has 3 atom stereocenters. The fraction of sp³-hybridized carbons (Fsp3) is 0.471. The Morgan fingerprint density at radius 3 is 2.78 bits per heavy atom. The highest BCUT2D eigenvalue weighted by atomic mass is 32.2. The number of aryl methyl sites for hydroxylation is 1. The summed E-state index contributed by atoms with van der Waals surface area (Å²) in [4.78, 5) is 63.2. The standard InChI is InChI=1S/C17H19N9O7S3/c1-25-16(21-10(28)11(29)22-25)35-5-17(14(31)32)3-26-12(30)7(13(26)34-4-17)19-9(27)6(23-33-2)8-20-15(18)36-24-8/h7,13H,3-5H2,1-2H3,(H,19,27)(H,22,29)(H,31,32)(H2,18,20,24)/t7?,13-,17?/m1/s1. The minimum Gasteiger partial charge on any atom is -0.488 e. The van der Waals surface area contributed by atoms with Crippen LogP contribution in [0.15, 0.2) is 15.1 Å². The fourth-order valence-corrected chi connectivity index (χ4v) is 6.69. The molecule has 4 rings (SSSR count). The average Bonchev–Trinajstić information content (AvgIpc) is 3.27. The number of fused-ring (bicyclic) bond motifs is 1. The number of rotatable bonds is 8. The third-order valence-corrected chi connectivity index (χ3v) is 8.76. The molecule has 4 heterocycles. The van der Waals surface area contributed by atoms with Crippen LogP contribution in [0.5, 0.6) is 5.88 Å². The molecule has 2 aliphatic heterocycles. The highest BCUT2D eigenvalue weighted by molar-refractivity contribution is 8.00. The number of aromatic hydroxyl groups is 1. The third-order valence-electron chi connectivity index (χ3n) is 5.32. The lowest BCUT2D eigenvalue weighted by Gasteiger charge is -2.53. The first-order valence-corrected chi connectivity index (χ1v) is 12.8. The first-order chi connectivity index (χ1) is 17.1. The second kappa shape index (κ2) is 9.90. The summed E-state index contributed by atoms with van der Waals surface area (Å²) in [5.41, 5.74) is 3.03. The van der Waals surface area contributed by atoms with Crippen molar-refractivity contribution in [2.75, 3.05) is 30.9 Å². The highest BCUT2D eigenvalue weighted by Crippen LogP contribution is 2.44. The normalized spacial score (nSPS) is 23.6. The summed E-state index contributed by atoms with van der Waals surface area (Å²) >= 11 is 3.04. The summed E-state index contributed by atoms with van der Waals surface area (Å²) in [6.45, 7) is -0.110. The van der Waals surface area contributed by atoms with Crippen molar-refractivity contribution in [2.24, 2.45) is 17.6 Å². The van der Waals surface area contributed by atoms with E-state index in [1.165, 1.54) is 35.5 Å². The average molecular weight is 558 g/mol. The minimum absolute atomic E-state index is 0.0167. The molecule has 192 valence electrons. The van der Waals surface area contributed by atoms with E-state index in [2.05, 4.69) is 29.9 Å². The van der Waals surface area contributed by atoms with Gasteiger partial charge in [0.2, 0.25) is 17.4 Å². The Labute approximate surface area is 214 Å². The Hall–Kier alpha value is -3.45. The zero-order chi connectivity index (χ0) is 26.2. The minimum atomic E-state index is -1.35. The second-order valence-electron chi connectivity index (χ2n) is 7.72. The van der Waals surface area contributed by atoms with Crippen LogP contribution in [0, 0.1) is 5.41 Å². The van der Waals surface area contributed by atoms with E-state index >= 15 is 0 Å². The van der Waals surface area contributed by atoms with Crippen molar-refractivity contribution in [3.05, 3.63) is 16.2 Å². The number of carboxylic acid groups (broad SMARTS) is 1. The van der Waals surface area contributed by atoms with Gasteiger partial charge in [0.25, 0.3) is 11.8 Å². The number of carboxylic acids is 1. The summed E-state index contributed by atoms with van der Waals surface area (Å²) in [6.07, 6.45) is 0. The van der Waals surface area contributed by atoms with Gasteiger partial charge in [0, 0.05) is 36.6 Å². The number of aliphatic carboxylic acids is 1. The van der Waals surface area contributed by atoms with Crippen molar-refractivity contribution >= 4 is 63.7 Å². The van der Waals surface area contributed by atoms with Crippen molar-refractivity contribution < 1.29 is 29.4 Å². The van der Waals surface area contributed by atoms with Crippen LogP contribution < -0.4 is 16.6 Å². The molecular weight excluding hydrogens is 538 g/mol. The zero-order valence-corrected chi connectivity index (χ0v) is 21.1.